The number of aryl methyl sites for hydroxylation is 1. The van der Waals surface area contributed by atoms with Crippen molar-refractivity contribution in [3.05, 3.63) is 28.8 Å². The van der Waals surface area contributed by atoms with E-state index >= 15 is 0 Å². The number of halogens is 1. The van der Waals surface area contributed by atoms with Crippen LogP contribution >= 0.6 is 11.6 Å². The van der Waals surface area contributed by atoms with Gasteiger partial charge in [0, 0.05) is 6.42 Å². The van der Waals surface area contributed by atoms with Crippen molar-refractivity contribution in [1.29, 1.82) is 0 Å². The van der Waals surface area contributed by atoms with Crippen LogP contribution in [-0.2, 0) is 31.6 Å². The number of esters is 1. The predicted molar refractivity (Wildman–Crippen MR) is 105 cm³/mol. The topological polar surface area (TPSA) is 63.6 Å². The van der Waals surface area contributed by atoms with Gasteiger partial charge in [-0.2, -0.15) is 0 Å². The van der Waals surface area contributed by atoms with Gasteiger partial charge in [0.05, 0.1) is 5.92 Å². The summed E-state index contributed by atoms with van der Waals surface area (Å²) in [4.78, 5) is 22.9. The Balaban J connectivity index is 2.96. The molecule has 0 aliphatic rings. The van der Waals surface area contributed by atoms with Crippen molar-refractivity contribution in [3.8, 4) is 5.75 Å². The molecule has 0 spiro atoms. The zero-order chi connectivity index (χ0) is 20.3. The number of phenolic OH excluding ortho intramolecular Hbond substituents is 1. The molecule has 0 fully saturated rings. The number of benzene rings is 1. The van der Waals surface area contributed by atoms with Crippen molar-refractivity contribution in [2.45, 2.75) is 72.1 Å². The molecular weight excluding hydrogens is 352 g/mol. The Kier molecular flexibility index (Phi) is 7.29. The molecule has 1 N–H and O–H groups in total. The zero-order valence-electron chi connectivity index (χ0n) is 16.9. The second kappa shape index (κ2) is 8.43. The van der Waals surface area contributed by atoms with Crippen LogP contribution in [-0.4, -0.2) is 22.9 Å². The van der Waals surface area contributed by atoms with Crippen molar-refractivity contribution < 1.29 is 19.4 Å². The quantitative estimate of drug-likeness (QED) is 0.563. The van der Waals surface area contributed by atoms with E-state index in [2.05, 4.69) is 41.5 Å². The van der Waals surface area contributed by atoms with E-state index in [0.717, 1.165) is 16.7 Å². The second-order valence-corrected chi connectivity index (χ2v) is 9.30. The van der Waals surface area contributed by atoms with Gasteiger partial charge in [-0.1, -0.05) is 60.6 Å². The fraction of sp³-hybridized carbons (Fsp3) is 0.619. The van der Waals surface area contributed by atoms with Crippen LogP contribution in [0.1, 0.15) is 71.6 Å². The second-order valence-electron chi connectivity index (χ2n) is 8.93. The summed E-state index contributed by atoms with van der Waals surface area (Å²) in [6, 6.07) is 3.92. The summed E-state index contributed by atoms with van der Waals surface area (Å²) >= 11 is 5.37. The van der Waals surface area contributed by atoms with E-state index in [1.807, 2.05) is 12.1 Å². The lowest BCUT2D eigenvalue weighted by Gasteiger charge is -2.28. The van der Waals surface area contributed by atoms with E-state index in [9.17, 15) is 14.7 Å². The van der Waals surface area contributed by atoms with E-state index in [1.54, 1.807) is 6.92 Å². The van der Waals surface area contributed by atoms with E-state index < -0.39 is 11.2 Å². The molecule has 0 amide bonds. The molecule has 5 heteroatoms. The minimum absolute atomic E-state index is 0.00275. The SMILES string of the molecule is CC(COC(=O)CCc1cc(C(C)(C)C)c(O)c(C(C)(C)C)c1)C(=O)Cl. The Morgan fingerprint density at radius 2 is 1.54 bits per heavy atom. The Labute approximate surface area is 161 Å². The fourth-order valence-corrected chi connectivity index (χ4v) is 2.65. The van der Waals surface area contributed by atoms with Crippen molar-refractivity contribution in [3.63, 3.8) is 0 Å². The number of aromatic hydroxyl groups is 1. The minimum atomic E-state index is -0.513. The summed E-state index contributed by atoms with van der Waals surface area (Å²) in [5.41, 5.74) is 2.30. The first kappa shape index (κ1) is 22.5. The first-order chi connectivity index (χ1) is 11.7. The van der Waals surface area contributed by atoms with Gasteiger partial charge in [0.2, 0.25) is 5.24 Å². The van der Waals surface area contributed by atoms with Gasteiger partial charge >= 0.3 is 5.97 Å². The normalized spacial score (nSPS) is 13.4. The zero-order valence-corrected chi connectivity index (χ0v) is 17.7. The number of carbonyl (C=O) groups excluding carboxylic acids is 2. The number of carbonyl (C=O) groups is 2. The van der Waals surface area contributed by atoms with Crippen molar-refractivity contribution in [2.24, 2.45) is 5.92 Å². The van der Waals surface area contributed by atoms with Gasteiger partial charge in [0.25, 0.3) is 0 Å². The summed E-state index contributed by atoms with van der Waals surface area (Å²) in [6.45, 7) is 13.9. The molecule has 0 heterocycles. The molecule has 0 radical (unpaired) electrons. The van der Waals surface area contributed by atoms with Crippen LogP contribution in [0.3, 0.4) is 0 Å². The Hall–Kier alpha value is -1.55. The van der Waals surface area contributed by atoms with E-state index in [4.69, 9.17) is 16.3 Å². The van der Waals surface area contributed by atoms with Gasteiger partial charge in [-0.25, -0.2) is 0 Å². The van der Waals surface area contributed by atoms with Gasteiger partial charge in [-0.05, 0) is 45.5 Å². The van der Waals surface area contributed by atoms with Gasteiger partial charge in [-0.15, -0.1) is 0 Å². The third-order valence-electron chi connectivity index (χ3n) is 4.29. The summed E-state index contributed by atoms with van der Waals surface area (Å²) in [5, 5.41) is 10.2. The molecule has 146 valence electrons. The Bertz CT molecular complexity index is 631. The van der Waals surface area contributed by atoms with Crippen molar-refractivity contribution >= 4 is 22.8 Å². The molecule has 1 rings (SSSR count). The monoisotopic (exact) mass is 382 g/mol. The lowest BCUT2D eigenvalue weighted by molar-refractivity contribution is -0.145. The highest BCUT2D eigenvalue weighted by Crippen LogP contribution is 2.39. The highest BCUT2D eigenvalue weighted by molar-refractivity contribution is 6.63. The van der Waals surface area contributed by atoms with Crippen LogP contribution < -0.4 is 0 Å². The molecule has 0 aromatic heterocycles. The van der Waals surface area contributed by atoms with E-state index in [0.29, 0.717) is 12.2 Å². The average Bonchev–Trinajstić information content (AvgIpc) is 2.48. The van der Waals surface area contributed by atoms with Crippen molar-refractivity contribution in [1.82, 2.24) is 0 Å². The lowest BCUT2D eigenvalue weighted by atomic mass is 9.78. The summed E-state index contributed by atoms with van der Waals surface area (Å²) < 4.78 is 5.11. The van der Waals surface area contributed by atoms with Crippen LogP contribution in [0, 0.1) is 5.92 Å². The summed E-state index contributed by atoms with van der Waals surface area (Å²) in [5.74, 6) is -0.544. The first-order valence-corrected chi connectivity index (χ1v) is 9.33. The number of hydrogen-bond acceptors (Lipinski definition) is 4. The number of ether oxygens (including phenoxy) is 1. The molecule has 1 unspecified atom stereocenters. The third kappa shape index (κ3) is 6.31. The number of hydrogen-bond donors (Lipinski definition) is 1. The van der Waals surface area contributed by atoms with Crippen LogP contribution in [0.2, 0.25) is 0 Å². The van der Waals surface area contributed by atoms with Crippen LogP contribution in [0.15, 0.2) is 12.1 Å². The Morgan fingerprint density at radius 1 is 1.08 bits per heavy atom. The van der Waals surface area contributed by atoms with Gasteiger partial charge < -0.3 is 9.84 Å². The molecule has 0 aliphatic heterocycles. The number of rotatable bonds is 6. The predicted octanol–water partition coefficient (Wildman–Crippen LogP) is 4.86. The molecule has 4 nitrogen and oxygen atoms in total. The standard InChI is InChI=1S/C21H31ClO4/c1-13(19(22)25)12-26-17(23)9-8-14-10-15(20(2,3)4)18(24)16(11-14)21(5,6)7/h10-11,13,24H,8-9,12H2,1-7H3. The average molecular weight is 383 g/mol. The third-order valence-corrected chi connectivity index (χ3v) is 4.66. The molecule has 0 saturated carbocycles. The molecule has 0 saturated heterocycles. The lowest BCUT2D eigenvalue weighted by Crippen LogP contribution is -2.18. The highest BCUT2D eigenvalue weighted by atomic mass is 35.5. The highest BCUT2D eigenvalue weighted by Gasteiger charge is 2.26. The molecule has 1 atom stereocenters. The molecule has 0 aliphatic carbocycles. The maximum absolute atomic E-state index is 11.9. The van der Waals surface area contributed by atoms with Crippen LogP contribution in [0.5, 0.6) is 5.75 Å². The fourth-order valence-electron chi connectivity index (χ4n) is 2.58. The molecule has 1 aromatic rings. The van der Waals surface area contributed by atoms with E-state index in [1.165, 1.54) is 0 Å². The van der Waals surface area contributed by atoms with Crippen molar-refractivity contribution in [2.75, 3.05) is 6.61 Å². The smallest absolute Gasteiger partial charge is 0.306 e. The van der Waals surface area contributed by atoms with E-state index in [-0.39, 0.29) is 29.8 Å². The summed E-state index contributed by atoms with van der Waals surface area (Å²) in [6.07, 6.45) is 0.718. The molecular formula is C21H31ClO4. The molecule has 0 bridgehead atoms. The van der Waals surface area contributed by atoms with Gasteiger partial charge in [0.1, 0.15) is 12.4 Å². The minimum Gasteiger partial charge on any atom is -0.507 e. The molecule has 1 aromatic carbocycles. The van der Waals surface area contributed by atoms with Gasteiger partial charge in [0.15, 0.2) is 0 Å². The largest absolute Gasteiger partial charge is 0.507 e. The molecule has 26 heavy (non-hydrogen) atoms. The Morgan fingerprint density at radius 3 is 1.92 bits per heavy atom. The first-order valence-electron chi connectivity index (χ1n) is 8.95. The van der Waals surface area contributed by atoms with Crippen LogP contribution in [0.4, 0.5) is 0 Å². The maximum atomic E-state index is 11.9. The maximum Gasteiger partial charge on any atom is 0.306 e. The van der Waals surface area contributed by atoms with Gasteiger partial charge in [-0.3, -0.25) is 9.59 Å². The summed E-state index contributed by atoms with van der Waals surface area (Å²) in [7, 11) is 0. The van der Waals surface area contributed by atoms with Crippen LogP contribution in [0.25, 0.3) is 0 Å². The number of phenols is 1.